The lowest BCUT2D eigenvalue weighted by Gasteiger charge is -2.33. The highest BCUT2D eigenvalue weighted by molar-refractivity contribution is 7.91. The Balaban J connectivity index is 4.57. The van der Waals surface area contributed by atoms with Gasteiger partial charge in [0.15, 0.2) is 0 Å². The van der Waals surface area contributed by atoms with E-state index in [4.69, 9.17) is 23.2 Å². The average Bonchev–Trinajstić information content (AvgIpc) is 2.20. The average molecular weight is 275 g/mol. The summed E-state index contributed by atoms with van der Waals surface area (Å²) in [4.78, 5) is 0. The third-order valence-corrected chi connectivity index (χ3v) is 5.88. The molecule has 0 aliphatic rings. The van der Waals surface area contributed by atoms with Crippen molar-refractivity contribution < 1.29 is 8.42 Å². The molecule has 0 saturated carbocycles. The number of sulfone groups is 1. The Labute approximate surface area is 103 Å². The first-order valence-electron chi connectivity index (χ1n) is 5.16. The van der Waals surface area contributed by atoms with Gasteiger partial charge in [0.25, 0.3) is 0 Å². The number of hydrogen-bond donors (Lipinski definition) is 0. The van der Waals surface area contributed by atoms with Crippen molar-refractivity contribution >= 4 is 33.0 Å². The van der Waals surface area contributed by atoms with Crippen molar-refractivity contribution in [3.05, 3.63) is 0 Å². The summed E-state index contributed by atoms with van der Waals surface area (Å²) < 4.78 is 22.8. The summed E-state index contributed by atoms with van der Waals surface area (Å²) in [6, 6.07) is 0. The molecule has 0 radical (unpaired) electrons. The summed E-state index contributed by atoms with van der Waals surface area (Å²) >= 11 is 11.8. The molecule has 0 spiro atoms. The van der Waals surface area contributed by atoms with Crippen LogP contribution in [0.3, 0.4) is 0 Å². The van der Waals surface area contributed by atoms with Gasteiger partial charge in [0.1, 0.15) is 9.84 Å². The molecule has 0 aromatic rings. The first-order chi connectivity index (χ1) is 6.83. The molecule has 0 heterocycles. The smallest absolute Gasteiger partial charge is 0.150 e. The monoisotopic (exact) mass is 274 g/mol. The molecule has 0 unspecified atom stereocenters. The van der Waals surface area contributed by atoms with Crippen molar-refractivity contribution in [1.29, 1.82) is 0 Å². The van der Waals surface area contributed by atoms with Gasteiger partial charge in [0.05, 0.1) is 5.75 Å². The molecule has 0 aromatic heterocycles. The van der Waals surface area contributed by atoms with E-state index in [-0.39, 0.29) is 16.9 Å². The molecule has 0 aromatic carbocycles. The molecule has 5 heteroatoms. The van der Waals surface area contributed by atoms with E-state index in [1.807, 2.05) is 13.8 Å². The van der Waals surface area contributed by atoms with Crippen LogP contribution < -0.4 is 0 Å². The maximum absolute atomic E-state index is 11.4. The van der Waals surface area contributed by atoms with E-state index >= 15 is 0 Å². The predicted octanol–water partition coefficient (Wildman–Crippen LogP) is 2.93. The Bertz CT molecular complexity index is 269. The molecule has 92 valence electrons. The van der Waals surface area contributed by atoms with Gasteiger partial charge < -0.3 is 0 Å². The Kier molecular flexibility index (Phi) is 6.53. The summed E-state index contributed by atoms with van der Waals surface area (Å²) in [5, 5.41) is 0. The molecule has 0 saturated heterocycles. The molecule has 15 heavy (non-hydrogen) atoms. The summed E-state index contributed by atoms with van der Waals surface area (Å²) in [7, 11) is -2.92. The van der Waals surface area contributed by atoms with Gasteiger partial charge in [-0.2, -0.15) is 0 Å². The van der Waals surface area contributed by atoms with Crippen molar-refractivity contribution in [1.82, 2.24) is 0 Å². The molecule has 0 amide bonds. The van der Waals surface area contributed by atoms with Crippen LogP contribution in [-0.2, 0) is 9.84 Å². The number of alkyl halides is 2. The third-order valence-electron chi connectivity index (χ3n) is 3.11. The molecular weight excluding hydrogens is 255 g/mol. The molecule has 0 bridgehead atoms. The second-order valence-electron chi connectivity index (χ2n) is 4.27. The van der Waals surface area contributed by atoms with Crippen LogP contribution in [0.5, 0.6) is 0 Å². The van der Waals surface area contributed by atoms with Gasteiger partial charge >= 0.3 is 0 Å². The lowest BCUT2D eigenvalue weighted by molar-refractivity contribution is 0.251. The zero-order chi connectivity index (χ0) is 12.1. The van der Waals surface area contributed by atoms with Gasteiger partial charge in [-0.3, -0.25) is 0 Å². The summed E-state index contributed by atoms with van der Waals surface area (Å²) in [5.41, 5.74) is -0.259. The van der Waals surface area contributed by atoms with Crippen LogP contribution in [0, 0.1) is 11.3 Å². The quantitative estimate of drug-likeness (QED) is 0.669. The van der Waals surface area contributed by atoms with Crippen molar-refractivity contribution in [2.45, 2.75) is 27.2 Å². The normalized spacial score (nSPS) is 13.5. The minimum atomic E-state index is -2.92. The molecule has 0 N–H and O–H groups in total. The SMILES string of the molecule is CCS(=O)(=O)CCC(CCl)(CCl)C(C)C. The molecule has 0 atom stereocenters. The largest absolute Gasteiger partial charge is 0.229 e. The highest BCUT2D eigenvalue weighted by Gasteiger charge is 2.33. The van der Waals surface area contributed by atoms with Gasteiger partial charge in [-0.05, 0) is 12.3 Å². The highest BCUT2D eigenvalue weighted by atomic mass is 35.5. The van der Waals surface area contributed by atoms with E-state index in [9.17, 15) is 8.42 Å². The van der Waals surface area contributed by atoms with E-state index in [0.29, 0.717) is 24.1 Å². The van der Waals surface area contributed by atoms with E-state index in [1.54, 1.807) is 6.92 Å². The minimum Gasteiger partial charge on any atom is -0.229 e. The zero-order valence-corrected chi connectivity index (χ0v) is 11.9. The Morgan fingerprint density at radius 2 is 1.67 bits per heavy atom. The van der Waals surface area contributed by atoms with Crippen molar-refractivity contribution in [3.8, 4) is 0 Å². The van der Waals surface area contributed by atoms with Crippen molar-refractivity contribution in [3.63, 3.8) is 0 Å². The minimum absolute atomic E-state index is 0.182. The van der Waals surface area contributed by atoms with Gasteiger partial charge in [0.2, 0.25) is 0 Å². The van der Waals surface area contributed by atoms with Crippen LogP contribution in [0.25, 0.3) is 0 Å². The van der Waals surface area contributed by atoms with Crippen LogP contribution in [-0.4, -0.2) is 31.7 Å². The van der Waals surface area contributed by atoms with E-state index in [0.717, 1.165) is 0 Å². The number of hydrogen-bond acceptors (Lipinski definition) is 2. The fourth-order valence-electron chi connectivity index (χ4n) is 1.27. The summed E-state index contributed by atoms with van der Waals surface area (Å²) in [6.07, 6.45) is 0.549. The maximum Gasteiger partial charge on any atom is 0.150 e. The lowest BCUT2D eigenvalue weighted by atomic mass is 9.78. The molecule has 2 nitrogen and oxygen atoms in total. The fraction of sp³-hybridized carbons (Fsp3) is 1.00. The van der Waals surface area contributed by atoms with E-state index in [1.165, 1.54) is 0 Å². The fourth-order valence-corrected chi connectivity index (χ4v) is 3.45. The number of rotatable bonds is 7. The second kappa shape index (κ2) is 6.31. The predicted molar refractivity (Wildman–Crippen MR) is 67.7 cm³/mol. The Hall–Kier alpha value is 0.530. The molecule has 0 fully saturated rings. The summed E-state index contributed by atoms with van der Waals surface area (Å²) in [5.74, 6) is 1.48. The lowest BCUT2D eigenvalue weighted by Crippen LogP contribution is -2.34. The van der Waals surface area contributed by atoms with Crippen LogP contribution >= 0.6 is 23.2 Å². The van der Waals surface area contributed by atoms with Crippen molar-refractivity contribution in [2.75, 3.05) is 23.3 Å². The van der Waals surface area contributed by atoms with Gasteiger partial charge in [0, 0.05) is 22.9 Å². The van der Waals surface area contributed by atoms with Crippen LogP contribution in [0.4, 0.5) is 0 Å². The van der Waals surface area contributed by atoms with Gasteiger partial charge in [-0.25, -0.2) is 8.42 Å². The van der Waals surface area contributed by atoms with E-state index < -0.39 is 9.84 Å². The molecule has 0 aliphatic carbocycles. The third kappa shape index (κ3) is 4.49. The number of halogens is 2. The Morgan fingerprint density at radius 3 is 1.93 bits per heavy atom. The van der Waals surface area contributed by atoms with Crippen LogP contribution in [0.15, 0.2) is 0 Å². The van der Waals surface area contributed by atoms with Gasteiger partial charge in [-0.1, -0.05) is 20.8 Å². The maximum atomic E-state index is 11.4. The second-order valence-corrected chi connectivity index (χ2v) is 7.28. The van der Waals surface area contributed by atoms with E-state index in [2.05, 4.69) is 0 Å². The van der Waals surface area contributed by atoms with Gasteiger partial charge in [-0.15, -0.1) is 23.2 Å². The Morgan fingerprint density at radius 1 is 1.20 bits per heavy atom. The molecular formula is C10H20Cl2O2S. The van der Waals surface area contributed by atoms with Crippen LogP contribution in [0.1, 0.15) is 27.2 Å². The first-order valence-corrected chi connectivity index (χ1v) is 8.05. The molecule has 0 aliphatic heterocycles. The topological polar surface area (TPSA) is 34.1 Å². The van der Waals surface area contributed by atoms with Crippen LogP contribution in [0.2, 0.25) is 0 Å². The highest BCUT2D eigenvalue weighted by Crippen LogP contribution is 2.34. The molecule has 0 rings (SSSR count). The zero-order valence-electron chi connectivity index (χ0n) is 9.59. The first kappa shape index (κ1) is 15.5. The summed E-state index contributed by atoms with van der Waals surface area (Å²) in [6.45, 7) is 5.72. The standard InChI is InChI=1S/C10H20Cl2O2S/c1-4-15(13,14)6-5-10(7-11,8-12)9(2)3/h9H,4-8H2,1-3H3. The van der Waals surface area contributed by atoms with Crippen molar-refractivity contribution in [2.24, 2.45) is 11.3 Å².